The van der Waals surface area contributed by atoms with E-state index in [-0.39, 0.29) is 5.91 Å². The summed E-state index contributed by atoms with van der Waals surface area (Å²) in [6.07, 6.45) is 5.67. The quantitative estimate of drug-likeness (QED) is 0.809. The lowest BCUT2D eigenvalue weighted by atomic mass is 9.95. The minimum Gasteiger partial charge on any atom is -0.349 e. The molecule has 1 saturated carbocycles. The summed E-state index contributed by atoms with van der Waals surface area (Å²) >= 11 is 7.32. The summed E-state index contributed by atoms with van der Waals surface area (Å²) in [6, 6.07) is 2.48. The van der Waals surface area contributed by atoms with Crippen molar-refractivity contribution in [2.24, 2.45) is 0 Å². The van der Waals surface area contributed by atoms with Crippen molar-refractivity contribution >= 4 is 44.9 Å². The van der Waals surface area contributed by atoms with Crippen molar-refractivity contribution in [3.05, 3.63) is 21.4 Å². The molecule has 5 heteroatoms. The van der Waals surface area contributed by atoms with Crippen molar-refractivity contribution in [3.8, 4) is 0 Å². The maximum atomic E-state index is 12.3. The number of nitrogens with one attached hydrogen (secondary N) is 1. The second-order valence-corrected chi connectivity index (χ2v) is 8.82. The lowest BCUT2D eigenvalue weighted by Crippen LogP contribution is -2.37. The Kier molecular flexibility index (Phi) is 4.54. The van der Waals surface area contributed by atoms with Crippen LogP contribution in [-0.2, 0) is 12.2 Å². The Bertz CT molecular complexity index is 443. The van der Waals surface area contributed by atoms with Crippen molar-refractivity contribution in [2.75, 3.05) is 5.75 Å². The Morgan fingerprint density at radius 2 is 2.11 bits per heavy atom. The van der Waals surface area contributed by atoms with Crippen LogP contribution >= 0.6 is 39.0 Å². The molecule has 0 unspecified atom stereocenters. The van der Waals surface area contributed by atoms with Crippen molar-refractivity contribution in [1.29, 1.82) is 0 Å². The van der Waals surface area contributed by atoms with E-state index in [1.807, 2.05) is 11.8 Å². The molecule has 1 amide bonds. The largest absolute Gasteiger partial charge is 0.349 e. The average molecular weight is 360 g/mol. The van der Waals surface area contributed by atoms with Gasteiger partial charge in [-0.2, -0.15) is 11.8 Å². The number of hydrogen-bond donors (Lipinski definition) is 1. The van der Waals surface area contributed by atoms with E-state index >= 15 is 0 Å². The molecule has 1 aromatic rings. The van der Waals surface area contributed by atoms with Crippen molar-refractivity contribution < 1.29 is 4.79 Å². The lowest BCUT2D eigenvalue weighted by molar-refractivity contribution is 0.0932. The van der Waals surface area contributed by atoms with Gasteiger partial charge in [0.1, 0.15) is 0 Å². The average Bonchev–Trinajstić information content (AvgIpc) is 2.85. The van der Waals surface area contributed by atoms with Crippen molar-refractivity contribution in [2.45, 2.75) is 48.7 Å². The third-order valence-corrected chi connectivity index (χ3v) is 7.00. The highest BCUT2D eigenvalue weighted by molar-refractivity contribution is 9.09. The van der Waals surface area contributed by atoms with Gasteiger partial charge < -0.3 is 5.32 Å². The van der Waals surface area contributed by atoms with Crippen LogP contribution in [0.4, 0.5) is 0 Å². The minimum absolute atomic E-state index is 0.141. The summed E-state index contributed by atoms with van der Waals surface area (Å²) < 4.78 is 0. The molecule has 2 aliphatic rings. The second kappa shape index (κ2) is 6.19. The summed E-state index contributed by atoms with van der Waals surface area (Å²) in [7, 11) is 0. The fraction of sp³-hybridized carbons (Fsp3) is 0.643. The molecule has 0 saturated heterocycles. The molecule has 2 heterocycles. The summed E-state index contributed by atoms with van der Waals surface area (Å²) in [6.45, 7) is 0. The number of halogens is 1. The molecule has 104 valence electrons. The van der Waals surface area contributed by atoms with Gasteiger partial charge in [-0.3, -0.25) is 4.79 Å². The molecular formula is C14H18BrNOS2. The zero-order valence-electron chi connectivity index (χ0n) is 10.8. The van der Waals surface area contributed by atoms with E-state index in [1.54, 1.807) is 11.3 Å². The van der Waals surface area contributed by atoms with Crippen LogP contribution < -0.4 is 5.32 Å². The normalized spacial score (nSPS) is 26.8. The highest BCUT2D eigenvalue weighted by atomic mass is 79.9. The predicted molar refractivity (Wildman–Crippen MR) is 86.6 cm³/mol. The summed E-state index contributed by atoms with van der Waals surface area (Å²) in [5.41, 5.74) is 1.38. The van der Waals surface area contributed by atoms with Crippen LogP contribution in [0.15, 0.2) is 6.07 Å². The molecule has 1 aromatic heterocycles. The number of alkyl halides is 1. The highest BCUT2D eigenvalue weighted by Crippen LogP contribution is 2.32. The monoisotopic (exact) mass is 359 g/mol. The minimum atomic E-state index is 0.141. The standard InChI is InChI=1S/C14H18BrNOS2/c15-10-1-3-11(4-2-10)16-14(17)13-7-9-8-18-6-5-12(9)19-13/h7,10-11H,1-6,8H2,(H,16,17). The van der Waals surface area contributed by atoms with Gasteiger partial charge in [0.05, 0.1) is 4.88 Å². The summed E-state index contributed by atoms with van der Waals surface area (Å²) in [5, 5.41) is 3.21. The van der Waals surface area contributed by atoms with Gasteiger partial charge >= 0.3 is 0 Å². The van der Waals surface area contributed by atoms with Gasteiger partial charge in [0, 0.05) is 21.5 Å². The van der Waals surface area contributed by atoms with Crippen molar-refractivity contribution in [3.63, 3.8) is 0 Å². The summed E-state index contributed by atoms with van der Waals surface area (Å²) in [4.78, 5) is 15.3. The Labute approximate surface area is 130 Å². The fourth-order valence-electron chi connectivity index (χ4n) is 2.71. The number of carbonyl (C=O) groups is 1. The number of thioether (sulfide) groups is 1. The molecule has 2 nitrogen and oxygen atoms in total. The van der Waals surface area contributed by atoms with Crippen LogP contribution in [0.3, 0.4) is 0 Å². The molecule has 0 atom stereocenters. The van der Waals surface area contributed by atoms with Gasteiger partial charge in [-0.05, 0) is 49.5 Å². The smallest absolute Gasteiger partial charge is 0.261 e. The Hall–Kier alpha value is -0.000000000000000111. The molecule has 0 spiro atoms. The van der Waals surface area contributed by atoms with Gasteiger partial charge in [0.2, 0.25) is 0 Å². The SMILES string of the molecule is O=C(NC1CCC(Br)CC1)c1cc2c(s1)CCSC2. The number of amides is 1. The molecule has 1 aliphatic carbocycles. The van der Waals surface area contributed by atoms with E-state index in [0.717, 1.165) is 29.9 Å². The van der Waals surface area contributed by atoms with E-state index in [2.05, 4.69) is 27.3 Å². The maximum absolute atomic E-state index is 12.3. The Morgan fingerprint density at radius 1 is 1.32 bits per heavy atom. The van der Waals surface area contributed by atoms with Crippen LogP contribution in [-0.4, -0.2) is 22.5 Å². The van der Waals surface area contributed by atoms with Crippen LogP contribution in [0, 0.1) is 0 Å². The predicted octanol–water partition coefficient (Wildman–Crippen LogP) is 3.97. The molecule has 0 bridgehead atoms. The number of thiophene rings is 1. The van der Waals surface area contributed by atoms with Gasteiger partial charge in [-0.25, -0.2) is 0 Å². The number of carbonyl (C=O) groups excluding carboxylic acids is 1. The topological polar surface area (TPSA) is 29.1 Å². The van der Waals surface area contributed by atoms with Crippen LogP contribution in [0.1, 0.15) is 45.8 Å². The Balaban J connectivity index is 1.62. The van der Waals surface area contributed by atoms with Gasteiger partial charge in [0.25, 0.3) is 5.91 Å². The lowest BCUT2D eigenvalue weighted by Gasteiger charge is -2.25. The molecule has 0 radical (unpaired) electrons. The number of fused-ring (bicyclic) bond motifs is 1. The van der Waals surface area contributed by atoms with E-state index in [0.29, 0.717) is 10.9 Å². The Morgan fingerprint density at radius 3 is 2.84 bits per heavy atom. The van der Waals surface area contributed by atoms with E-state index in [4.69, 9.17) is 0 Å². The van der Waals surface area contributed by atoms with E-state index in [1.165, 1.54) is 29.0 Å². The van der Waals surface area contributed by atoms with E-state index in [9.17, 15) is 4.79 Å². The van der Waals surface area contributed by atoms with Crippen LogP contribution in [0.25, 0.3) is 0 Å². The number of aryl methyl sites for hydroxylation is 1. The van der Waals surface area contributed by atoms with Gasteiger partial charge in [0.15, 0.2) is 0 Å². The molecule has 1 aliphatic heterocycles. The molecule has 1 fully saturated rings. The second-order valence-electron chi connectivity index (χ2n) is 5.28. The number of rotatable bonds is 2. The first-order valence-electron chi connectivity index (χ1n) is 6.86. The van der Waals surface area contributed by atoms with Gasteiger partial charge in [-0.1, -0.05) is 15.9 Å². The zero-order chi connectivity index (χ0) is 13.2. The zero-order valence-corrected chi connectivity index (χ0v) is 14.0. The first-order valence-corrected chi connectivity index (χ1v) is 9.75. The number of hydrogen-bond acceptors (Lipinski definition) is 3. The fourth-order valence-corrected chi connectivity index (χ4v) is 5.52. The highest BCUT2D eigenvalue weighted by Gasteiger charge is 2.23. The van der Waals surface area contributed by atoms with Crippen LogP contribution in [0.2, 0.25) is 0 Å². The van der Waals surface area contributed by atoms with E-state index < -0.39 is 0 Å². The van der Waals surface area contributed by atoms with Crippen molar-refractivity contribution in [1.82, 2.24) is 5.32 Å². The molecule has 3 rings (SSSR count). The molecule has 0 aromatic carbocycles. The summed E-state index contributed by atoms with van der Waals surface area (Å²) in [5.74, 6) is 2.42. The first kappa shape index (κ1) is 14.0. The molecule has 1 N–H and O–H groups in total. The van der Waals surface area contributed by atoms with Crippen LogP contribution in [0.5, 0.6) is 0 Å². The third-order valence-electron chi connectivity index (χ3n) is 3.84. The third kappa shape index (κ3) is 3.37. The first-order chi connectivity index (χ1) is 9.22. The molecule has 19 heavy (non-hydrogen) atoms. The maximum Gasteiger partial charge on any atom is 0.261 e. The van der Waals surface area contributed by atoms with Gasteiger partial charge in [-0.15, -0.1) is 11.3 Å². The molecular weight excluding hydrogens is 342 g/mol.